The van der Waals surface area contributed by atoms with Crippen molar-refractivity contribution in [1.82, 2.24) is 0 Å². The average molecular weight is 364 g/mol. The number of nitrogens with zero attached hydrogens (tertiary/aromatic N) is 2. The number of hydrogen-bond acceptors (Lipinski definition) is 4. The molecule has 0 aromatic heterocycles. The number of benzene rings is 3. The van der Waals surface area contributed by atoms with E-state index in [0.29, 0.717) is 22.3 Å². The van der Waals surface area contributed by atoms with Gasteiger partial charge in [-0.2, -0.15) is 10.5 Å². The summed E-state index contributed by atoms with van der Waals surface area (Å²) in [5.74, 6) is 0.325. The Bertz CT molecular complexity index is 1040. The van der Waals surface area contributed by atoms with Crippen molar-refractivity contribution in [2.45, 2.75) is 0 Å². The molecule has 0 aliphatic heterocycles. The Morgan fingerprint density at radius 1 is 0.643 bits per heavy atom. The van der Waals surface area contributed by atoms with Gasteiger partial charge in [0.25, 0.3) is 0 Å². The van der Waals surface area contributed by atoms with E-state index in [1.807, 2.05) is 12.1 Å². The fraction of sp³-hybridized carbons (Fsp3) is 0. The zero-order chi connectivity index (χ0) is 19.9. The standard InChI is InChI=1S/C24H16N2O2/c25-15-21(12-17-4-8-23(27)9-5-17)19-2-1-3-20(14-19)22(16-26)13-18-6-10-24(28)11-7-18/h1-14,27-28H/b21-12+,22-13+. The van der Waals surface area contributed by atoms with Gasteiger partial charge < -0.3 is 10.2 Å². The molecule has 3 aromatic rings. The topological polar surface area (TPSA) is 88.0 Å². The van der Waals surface area contributed by atoms with Gasteiger partial charge in [-0.1, -0.05) is 42.5 Å². The monoisotopic (exact) mass is 364 g/mol. The first-order chi connectivity index (χ1) is 13.6. The lowest BCUT2D eigenvalue weighted by molar-refractivity contribution is 0.474. The van der Waals surface area contributed by atoms with Crippen molar-refractivity contribution in [2.75, 3.05) is 0 Å². The molecule has 2 N–H and O–H groups in total. The van der Waals surface area contributed by atoms with Crippen LogP contribution in [0.5, 0.6) is 11.5 Å². The lowest BCUT2D eigenvalue weighted by Gasteiger charge is -2.05. The maximum absolute atomic E-state index is 9.57. The zero-order valence-corrected chi connectivity index (χ0v) is 14.9. The molecule has 3 rings (SSSR count). The molecule has 28 heavy (non-hydrogen) atoms. The molecule has 0 aliphatic rings. The Hall–Kier alpha value is -4.28. The summed E-state index contributed by atoms with van der Waals surface area (Å²) in [5.41, 5.74) is 3.88. The first-order valence-electron chi connectivity index (χ1n) is 8.51. The highest BCUT2D eigenvalue weighted by Gasteiger charge is 2.06. The molecule has 0 heterocycles. The summed E-state index contributed by atoms with van der Waals surface area (Å²) in [6.45, 7) is 0. The molecular formula is C24H16N2O2. The van der Waals surface area contributed by atoms with E-state index in [9.17, 15) is 20.7 Å². The van der Waals surface area contributed by atoms with Crippen LogP contribution < -0.4 is 0 Å². The fourth-order valence-electron chi connectivity index (χ4n) is 2.69. The molecule has 0 saturated heterocycles. The molecule has 4 heteroatoms. The number of phenolic OH excluding ortho intramolecular Hbond substituents is 2. The van der Waals surface area contributed by atoms with Gasteiger partial charge in [0, 0.05) is 0 Å². The van der Waals surface area contributed by atoms with Gasteiger partial charge in [-0.15, -0.1) is 0 Å². The van der Waals surface area contributed by atoms with Gasteiger partial charge in [-0.3, -0.25) is 0 Å². The largest absolute Gasteiger partial charge is 0.508 e. The minimum Gasteiger partial charge on any atom is -0.508 e. The van der Waals surface area contributed by atoms with Crippen molar-refractivity contribution in [2.24, 2.45) is 0 Å². The third-order valence-electron chi connectivity index (χ3n) is 4.13. The molecule has 0 aliphatic carbocycles. The fourth-order valence-corrected chi connectivity index (χ4v) is 2.69. The number of nitriles is 2. The zero-order valence-electron chi connectivity index (χ0n) is 14.9. The molecule has 0 bridgehead atoms. The van der Waals surface area contributed by atoms with E-state index < -0.39 is 0 Å². The third kappa shape index (κ3) is 4.46. The molecule has 0 radical (unpaired) electrons. The Kier molecular flexibility index (Phi) is 5.55. The van der Waals surface area contributed by atoms with Crippen LogP contribution in [0.1, 0.15) is 22.3 Å². The Morgan fingerprint density at radius 3 is 1.39 bits per heavy atom. The van der Waals surface area contributed by atoms with Crippen LogP contribution in [0, 0.1) is 22.7 Å². The number of rotatable bonds is 4. The van der Waals surface area contributed by atoms with Crippen molar-refractivity contribution in [1.29, 1.82) is 10.5 Å². The van der Waals surface area contributed by atoms with Crippen molar-refractivity contribution in [3.8, 4) is 23.6 Å². The molecule has 0 unspecified atom stereocenters. The summed E-state index contributed by atoms with van der Waals surface area (Å²) in [7, 11) is 0. The van der Waals surface area contributed by atoms with Crippen LogP contribution in [-0.2, 0) is 0 Å². The molecule has 4 nitrogen and oxygen atoms in total. The van der Waals surface area contributed by atoms with Crippen LogP contribution in [-0.4, -0.2) is 10.2 Å². The van der Waals surface area contributed by atoms with Gasteiger partial charge in [0.2, 0.25) is 0 Å². The second kappa shape index (κ2) is 8.40. The van der Waals surface area contributed by atoms with Crippen molar-refractivity contribution in [3.05, 3.63) is 95.1 Å². The lowest BCUT2D eigenvalue weighted by Crippen LogP contribution is -1.87. The van der Waals surface area contributed by atoms with E-state index in [1.165, 1.54) is 0 Å². The summed E-state index contributed by atoms with van der Waals surface area (Å²) >= 11 is 0. The SMILES string of the molecule is N#C/C(=C\c1ccc(O)cc1)c1cccc(/C(C#N)=C/c2ccc(O)cc2)c1. The number of aromatic hydroxyl groups is 2. The minimum absolute atomic E-state index is 0.163. The number of allylic oxidation sites excluding steroid dienone is 2. The molecule has 0 spiro atoms. The molecular weight excluding hydrogens is 348 g/mol. The maximum Gasteiger partial charge on any atom is 0.115 e. The van der Waals surface area contributed by atoms with Gasteiger partial charge in [0.05, 0.1) is 23.3 Å². The minimum atomic E-state index is 0.163. The Labute approximate surface area is 163 Å². The second-order valence-corrected chi connectivity index (χ2v) is 6.10. The third-order valence-corrected chi connectivity index (χ3v) is 4.13. The lowest BCUT2D eigenvalue weighted by atomic mass is 9.97. The van der Waals surface area contributed by atoms with E-state index >= 15 is 0 Å². The van der Waals surface area contributed by atoms with Crippen LogP contribution in [0.15, 0.2) is 72.8 Å². The van der Waals surface area contributed by atoms with Crippen molar-refractivity contribution >= 4 is 23.3 Å². The normalized spacial score (nSPS) is 11.5. The number of phenols is 2. The van der Waals surface area contributed by atoms with Crippen LogP contribution in [0.25, 0.3) is 23.3 Å². The summed E-state index contributed by atoms with van der Waals surface area (Å²) < 4.78 is 0. The molecule has 0 fully saturated rings. The van der Waals surface area contributed by atoms with Crippen LogP contribution in [0.4, 0.5) is 0 Å². The summed E-state index contributed by atoms with van der Waals surface area (Å²) in [5, 5.41) is 37.9. The van der Waals surface area contributed by atoms with E-state index in [1.54, 1.807) is 72.8 Å². The van der Waals surface area contributed by atoms with Crippen molar-refractivity contribution in [3.63, 3.8) is 0 Å². The van der Waals surface area contributed by atoms with Crippen LogP contribution >= 0.6 is 0 Å². The van der Waals surface area contributed by atoms with E-state index in [-0.39, 0.29) is 11.5 Å². The Morgan fingerprint density at radius 2 is 1.04 bits per heavy atom. The summed E-state index contributed by atoms with van der Waals surface area (Å²) in [6.07, 6.45) is 3.46. The average Bonchev–Trinajstić information content (AvgIpc) is 2.73. The van der Waals surface area contributed by atoms with Crippen molar-refractivity contribution < 1.29 is 10.2 Å². The smallest absolute Gasteiger partial charge is 0.115 e. The van der Waals surface area contributed by atoms with E-state index in [2.05, 4.69) is 12.1 Å². The highest BCUT2D eigenvalue weighted by Crippen LogP contribution is 2.24. The first-order valence-corrected chi connectivity index (χ1v) is 8.51. The summed E-state index contributed by atoms with van der Waals surface area (Å²) in [6, 6.07) is 24.7. The van der Waals surface area contributed by atoms with Crippen LogP contribution in [0.2, 0.25) is 0 Å². The quantitative estimate of drug-likeness (QED) is 0.490. The van der Waals surface area contributed by atoms with Gasteiger partial charge in [0.15, 0.2) is 0 Å². The summed E-state index contributed by atoms with van der Waals surface area (Å²) in [4.78, 5) is 0. The van der Waals surface area contributed by atoms with Crippen LogP contribution in [0.3, 0.4) is 0 Å². The molecule has 3 aromatic carbocycles. The van der Waals surface area contributed by atoms with Gasteiger partial charge >= 0.3 is 0 Å². The van der Waals surface area contributed by atoms with E-state index in [0.717, 1.165) is 11.1 Å². The van der Waals surface area contributed by atoms with Gasteiger partial charge in [-0.25, -0.2) is 0 Å². The second-order valence-electron chi connectivity index (χ2n) is 6.10. The predicted molar refractivity (Wildman–Crippen MR) is 110 cm³/mol. The highest BCUT2D eigenvalue weighted by molar-refractivity contribution is 5.93. The molecule has 0 saturated carbocycles. The van der Waals surface area contributed by atoms with Gasteiger partial charge in [-0.05, 0) is 64.7 Å². The molecule has 0 atom stereocenters. The van der Waals surface area contributed by atoms with Gasteiger partial charge in [0.1, 0.15) is 11.5 Å². The Balaban J connectivity index is 1.98. The van der Waals surface area contributed by atoms with E-state index in [4.69, 9.17) is 0 Å². The molecule has 0 amide bonds. The maximum atomic E-state index is 9.57. The number of hydrogen-bond donors (Lipinski definition) is 2. The predicted octanol–water partition coefficient (Wildman–Crippen LogP) is 5.23. The molecule has 134 valence electrons. The first kappa shape index (κ1) is 18.5. The highest BCUT2D eigenvalue weighted by atomic mass is 16.3.